The molecule has 0 aliphatic heterocycles. The van der Waals surface area contributed by atoms with Crippen LogP contribution in [0.5, 0.6) is 5.75 Å². The zero-order valence-corrected chi connectivity index (χ0v) is 12.9. The van der Waals surface area contributed by atoms with Crippen molar-refractivity contribution in [2.24, 2.45) is 5.10 Å². The van der Waals surface area contributed by atoms with Gasteiger partial charge in [-0.2, -0.15) is 5.10 Å². The van der Waals surface area contributed by atoms with Crippen LogP contribution in [0, 0.1) is 12.7 Å². The Balaban J connectivity index is 1.93. The van der Waals surface area contributed by atoms with Crippen molar-refractivity contribution < 1.29 is 9.13 Å². The van der Waals surface area contributed by atoms with E-state index in [0.29, 0.717) is 17.3 Å². The molecule has 21 heavy (non-hydrogen) atoms. The van der Waals surface area contributed by atoms with Gasteiger partial charge in [0.2, 0.25) is 5.13 Å². The SMILES string of the molecule is CCCCOc1ccc(C=NNc2nc(C)cs2)cc1F. The van der Waals surface area contributed by atoms with Gasteiger partial charge in [-0.3, -0.25) is 5.43 Å². The summed E-state index contributed by atoms with van der Waals surface area (Å²) < 4.78 is 19.2. The van der Waals surface area contributed by atoms with Crippen molar-refractivity contribution in [2.45, 2.75) is 26.7 Å². The first kappa shape index (κ1) is 15.4. The molecule has 0 spiro atoms. The second-order valence-electron chi connectivity index (χ2n) is 4.56. The fraction of sp³-hybridized carbons (Fsp3) is 0.333. The van der Waals surface area contributed by atoms with Crippen LogP contribution in [-0.4, -0.2) is 17.8 Å². The lowest BCUT2D eigenvalue weighted by molar-refractivity contribution is 0.294. The van der Waals surface area contributed by atoms with E-state index in [0.717, 1.165) is 18.5 Å². The van der Waals surface area contributed by atoms with Gasteiger partial charge in [0, 0.05) is 5.38 Å². The Kier molecular flexibility index (Phi) is 5.68. The molecule has 2 rings (SSSR count). The van der Waals surface area contributed by atoms with Crippen molar-refractivity contribution in [3.63, 3.8) is 0 Å². The first-order valence-corrected chi connectivity index (χ1v) is 7.70. The van der Waals surface area contributed by atoms with Gasteiger partial charge in [0.05, 0.1) is 18.5 Å². The average molecular weight is 307 g/mol. The highest BCUT2D eigenvalue weighted by atomic mass is 32.1. The van der Waals surface area contributed by atoms with Gasteiger partial charge in [-0.05, 0) is 37.1 Å². The molecule has 0 fully saturated rings. The lowest BCUT2D eigenvalue weighted by Crippen LogP contribution is -1.99. The molecule has 112 valence electrons. The summed E-state index contributed by atoms with van der Waals surface area (Å²) >= 11 is 1.47. The van der Waals surface area contributed by atoms with Crippen LogP contribution in [0.3, 0.4) is 0 Å². The molecule has 4 nitrogen and oxygen atoms in total. The summed E-state index contributed by atoms with van der Waals surface area (Å²) in [6, 6.07) is 4.79. The summed E-state index contributed by atoms with van der Waals surface area (Å²) in [5.74, 6) is -0.0933. The molecular formula is C15H18FN3OS. The van der Waals surface area contributed by atoms with E-state index in [1.54, 1.807) is 18.3 Å². The number of ether oxygens (including phenoxy) is 1. The van der Waals surface area contributed by atoms with E-state index in [1.807, 2.05) is 12.3 Å². The lowest BCUT2D eigenvalue weighted by Gasteiger charge is -2.06. The van der Waals surface area contributed by atoms with Crippen molar-refractivity contribution in [1.29, 1.82) is 0 Å². The minimum Gasteiger partial charge on any atom is -0.491 e. The van der Waals surface area contributed by atoms with Crippen LogP contribution in [0.15, 0.2) is 28.7 Å². The number of unbranched alkanes of at least 4 members (excludes halogenated alkanes) is 1. The molecule has 0 aliphatic rings. The Hall–Kier alpha value is -1.95. The summed E-state index contributed by atoms with van der Waals surface area (Å²) in [4.78, 5) is 4.21. The van der Waals surface area contributed by atoms with Crippen molar-refractivity contribution >= 4 is 22.7 Å². The molecule has 2 aromatic rings. The molecule has 0 aliphatic carbocycles. The Morgan fingerprint density at radius 3 is 3.00 bits per heavy atom. The zero-order valence-electron chi connectivity index (χ0n) is 12.1. The third-order valence-corrected chi connectivity index (χ3v) is 3.57. The number of anilines is 1. The Morgan fingerprint density at radius 1 is 1.48 bits per heavy atom. The van der Waals surface area contributed by atoms with Crippen LogP contribution in [0.4, 0.5) is 9.52 Å². The van der Waals surface area contributed by atoms with Crippen molar-refractivity contribution in [3.8, 4) is 5.75 Å². The number of hydrazone groups is 1. The Labute approximate surface area is 127 Å². The second kappa shape index (κ2) is 7.73. The molecule has 0 saturated heterocycles. The number of nitrogens with zero attached hydrogens (tertiary/aromatic N) is 2. The number of nitrogens with one attached hydrogen (secondary N) is 1. The number of hydrogen-bond acceptors (Lipinski definition) is 5. The minimum absolute atomic E-state index is 0.282. The second-order valence-corrected chi connectivity index (χ2v) is 5.41. The van der Waals surface area contributed by atoms with Crippen LogP contribution in [-0.2, 0) is 0 Å². The quantitative estimate of drug-likeness (QED) is 0.473. The average Bonchev–Trinajstić information content (AvgIpc) is 2.87. The maximum Gasteiger partial charge on any atom is 0.203 e. The summed E-state index contributed by atoms with van der Waals surface area (Å²) in [6.07, 6.45) is 3.49. The number of thiazole rings is 1. The van der Waals surface area contributed by atoms with Crippen LogP contribution in [0.2, 0.25) is 0 Å². The molecule has 1 aromatic carbocycles. The fourth-order valence-electron chi connectivity index (χ4n) is 1.61. The summed E-state index contributed by atoms with van der Waals surface area (Å²) in [5.41, 5.74) is 4.42. The highest BCUT2D eigenvalue weighted by Crippen LogP contribution is 2.18. The van der Waals surface area contributed by atoms with Crippen LogP contribution in [0.25, 0.3) is 0 Å². The molecule has 0 bridgehead atoms. The smallest absolute Gasteiger partial charge is 0.203 e. The number of hydrogen-bond donors (Lipinski definition) is 1. The Morgan fingerprint density at radius 2 is 2.33 bits per heavy atom. The zero-order chi connectivity index (χ0) is 15.1. The number of aromatic nitrogens is 1. The molecular weight excluding hydrogens is 289 g/mol. The van der Waals surface area contributed by atoms with Crippen LogP contribution >= 0.6 is 11.3 Å². The van der Waals surface area contributed by atoms with E-state index in [2.05, 4.69) is 22.4 Å². The monoisotopic (exact) mass is 307 g/mol. The maximum absolute atomic E-state index is 13.8. The topological polar surface area (TPSA) is 46.5 Å². The number of benzene rings is 1. The third kappa shape index (κ3) is 4.82. The minimum atomic E-state index is -0.375. The van der Waals surface area contributed by atoms with Crippen molar-refractivity contribution in [2.75, 3.05) is 12.0 Å². The first-order chi connectivity index (χ1) is 10.2. The highest BCUT2D eigenvalue weighted by Gasteiger charge is 2.03. The van der Waals surface area contributed by atoms with Crippen molar-refractivity contribution in [1.82, 2.24) is 4.98 Å². The normalized spacial score (nSPS) is 11.0. The highest BCUT2D eigenvalue weighted by molar-refractivity contribution is 7.13. The van der Waals surface area contributed by atoms with Crippen molar-refractivity contribution in [3.05, 3.63) is 40.7 Å². The molecule has 0 unspecified atom stereocenters. The molecule has 0 radical (unpaired) electrons. The third-order valence-electron chi connectivity index (χ3n) is 2.70. The maximum atomic E-state index is 13.8. The van der Waals surface area contributed by atoms with Gasteiger partial charge in [-0.15, -0.1) is 11.3 Å². The fourth-order valence-corrected chi connectivity index (χ4v) is 2.25. The molecule has 0 atom stereocenters. The molecule has 1 heterocycles. The molecule has 0 saturated carbocycles. The number of halogens is 1. The summed E-state index contributed by atoms with van der Waals surface area (Å²) in [7, 11) is 0. The Bertz CT molecular complexity index is 613. The van der Waals surface area contributed by atoms with E-state index in [1.165, 1.54) is 17.4 Å². The van der Waals surface area contributed by atoms with Gasteiger partial charge in [0.25, 0.3) is 0 Å². The van der Waals surface area contributed by atoms with Crippen LogP contribution in [0.1, 0.15) is 31.0 Å². The summed E-state index contributed by atoms with van der Waals surface area (Å²) in [6.45, 7) is 4.51. The van der Waals surface area contributed by atoms with Gasteiger partial charge < -0.3 is 4.74 Å². The standard InChI is InChI=1S/C15H18FN3OS/c1-3-4-7-20-14-6-5-12(8-13(14)16)9-17-19-15-18-11(2)10-21-15/h5-6,8-10H,3-4,7H2,1-2H3,(H,18,19). The van der Waals surface area contributed by atoms with E-state index < -0.39 is 0 Å². The predicted molar refractivity (Wildman–Crippen MR) is 84.9 cm³/mol. The van der Waals surface area contributed by atoms with Gasteiger partial charge in [0.1, 0.15) is 0 Å². The van der Waals surface area contributed by atoms with Crippen LogP contribution < -0.4 is 10.2 Å². The number of aryl methyl sites for hydroxylation is 1. The van der Waals surface area contributed by atoms with E-state index in [9.17, 15) is 4.39 Å². The van der Waals surface area contributed by atoms with E-state index in [4.69, 9.17) is 4.74 Å². The van der Waals surface area contributed by atoms with E-state index in [-0.39, 0.29) is 11.6 Å². The largest absolute Gasteiger partial charge is 0.491 e. The van der Waals surface area contributed by atoms with E-state index >= 15 is 0 Å². The first-order valence-electron chi connectivity index (χ1n) is 6.82. The van der Waals surface area contributed by atoms with Gasteiger partial charge in [-0.25, -0.2) is 9.37 Å². The van der Waals surface area contributed by atoms with Gasteiger partial charge in [0.15, 0.2) is 11.6 Å². The molecule has 1 N–H and O–H groups in total. The van der Waals surface area contributed by atoms with Gasteiger partial charge in [-0.1, -0.05) is 13.3 Å². The molecule has 0 amide bonds. The molecule has 1 aromatic heterocycles. The summed E-state index contributed by atoms with van der Waals surface area (Å²) in [5, 5.41) is 6.68. The lowest BCUT2D eigenvalue weighted by atomic mass is 10.2. The molecule has 6 heteroatoms. The predicted octanol–water partition coefficient (Wildman–Crippen LogP) is 4.22. The van der Waals surface area contributed by atoms with Gasteiger partial charge >= 0.3 is 0 Å². The number of rotatable bonds is 7.